The van der Waals surface area contributed by atoms with E-state index in [-0.39, 0.29) is 18.4 Å². The molecule has 4 atom stereocenters. The Kier molecular flexibility index (Phi) is 3.37. The summed E-state index contributed by atoms with van der Waals surface area (Å²) in [6.45, 7) is 5.10. The molecule has 2 fully saturated rings. The molecule has 6 nitrogen and oxygen atoms in total. The molecule has 25 heavy (non-hydrogen) atoms. The van der Waals surface area contributed by atoms with Gasteiger partial charge in [-0.1, -0.05) is 23.8 Å². The third-order valence-corrected chi connectivity index (χ3v) is 5.25. The fourth-order valence-electron chi connectivity index (χ4n) is 4.18. The molecule has 1 aromatic rings. The predicted molar refractivity (Wildman–Crippen MR) is 88.8 cm³/mol. The molecule has 0 N–H and O–H groups in total. The summed E-state index contributed by atoms with van der Waals surface area (Å²) in [4.78, 5) is 38.6. The number of carbonyl (C=O) groups excluding carboxylic acids is 3. The number of ether oxygens (including phenoxy) is 2. The van der Waals surface area contributed by atoms with E-state index in [0.29, 0.717) is 5.69 Å². The zero-order chi connectivity index (χ0) is 17.9. The van der Waals surface area contributed by atoms with Gasteiger partial charge in [-0.05, 0) is 31.6 Å². The number of nitrogens with zero attached hydrogens (tertiary/aromatic N) is 1. The Morgan fingerprint density at radius 3 is 2.72 bits per heavy atom. The molecule has 0 unspecified atom stereocenters. The standard InChI is InChI=1S/C19H19NO5/c1-10-4-5-13(11(2)8-10)20-17(22)15-14-6-7-19(25-14,9-24-12(3)21)16(15)18(20)23/h4-8,14-16H,9H2,1-3H3/t14-,15+,16+,19-/m1/s1. The van der Waals surface area contributed by atoms with Gasteiger partial charge < -0.3 is 9.47 Å². The van der Waals surface area contributed by atoms with Crippen LogP contribution in [0.25, 0.3) is 0 Å². The van der Waals surface area contributed by atoms with Crippen LogP contribution in [0.5, 0.6) is 0 Å². The molecule has 0 aromatic heterocycles. The largest absolute Gasteiger partial charge is 0.462 e. The smallest absolute Gasteiger partial charge is 0.302 e. The maximum Gasteiger partial charge on any atom is 0.302 e. The van der Waals surface area contributed by atoms with Gasteiger partial charge in [0, 0.05) is 6.92 Å². The maximum atomic E-state index is 13.1. The zero-order valence-corrected chi connectivity index (χ0v) is 14.3. The summed E-state index contributed by atoms with van der Waals surface area (Å²) in [6.07, 6.45) is 3.10. The van der Waals surface area contributed by atoms with Gasteiger partial charge in [0.2, 0.25) is 11.8 Å². The second-order valence-corrected chi connectivity index (χ2v) is 6.98. The lowest BCUT2D eigenvalue weighted by molar-refractivity contribution is -0.150. The fourth-order valence-corrected chi connectivity index (χ4v) is 4.18. The zero-order valence-electron chi connectivity index (χ0n) is 14.3. The summed E-state index contributed by atoms with van der Waals surface area (Å²) >= 11 is 0. The summed E-state index contributed by atoms with van der Waals surface area (Å²) in [5, 5.41) is 0. The second-order valence-electron chi connectivity index (χ2n) is 6.98. The highest BCUT2D eigenvalue weighted by Crippen LogP contribution is 2.52. The van der Waals surface area contributed by atoms with E-state index in [1.807, 2.05) is 26.0 Å². The van der Waals surface area contributed by atoms with Crippen molar-refractivity contribution in [3.8, 4) is 0 Å². The molecule has 2 bridgehead atoms. The van der Waals surface area contributed by atoms with Crippen LogP contribution in [0.4, 0.5) is 5.69 Å². The van der Waals surface area contributed by atoms with Crippen molar-refractivity contribution >= 4 is 23.5 Å². The number of hydrogen-bond donors (Lipinski definition) is 0. The quantitative estimate of drug-likeness (QED) is 0.475. The molecule has 0 aliphatic carbocycles. The Hall–Kier alpha value is -2.47. The lowest BCUT2D eigenvalue weighted by Gasteiger charge is -2.28. The number of aryl methyl sites for hydroxylation is 2. The summed E-state index contributed by atoms with van der Waals surface area (Å²) in [5.74, 6) is -2.20. The van der Waals surface area contributed by atoms with Gasteiger partial charge in [0.15, 0.2) is 0 Å². The molecule has 3 heterocycles. The van der Waals surface area contributed by atoms with E-state index in [0.717, 1.165) is 11.1 Å². The minimum absolute atomic E-state index is 0.0593. The topological polar surface area (TPSA) is 72.9 Å². The third kappa shape index (κ3) is 2.17. The molecule has 1 aromatic carbocycles. The number of hydrogen-bond acceptors (Lipinski definition) is 5. The van der Waals surface area contributed by atoms with Gasteiger partial charge in [0.05, 0.1) is 23.6 Å². The predicted octanol–water partition coefficient (Wildman–Crippen LogP) is 1.68. The summed E-state index contributed by atoms with van der Waals surface area (Å²) in [7, 11) is 0. The van der Waals surface area contributed by atoms with Crippen LogP contribution in [-0.2, 0) is 23.9 Å². The Morgan fingerprint density at radius 1 is 1.28 bits per heavy atom. The van der Waals surface area contributed by atoms with Crippen molar-refractivity contribution in [2.75, 3.05) is 11.5 Å². The van der Waals surface area contributed by atoms with Crippen LogP contribution >= 0.6 is 0 Å². The minimum Gasteiger partial charge on any atom is -0.462 e. The highest BCUT2D eigenvalue weighted by molar-refractivity contribution is 6.23. The monoisotopic (exact) mass is 341 g/mol. The molecule has 3 aliphatic rings. The van der Waals surface area contributed by atoms with E-state index in [4.69, 9.17) is 9.47 Å². The van der Waals surface area contributed by atoms with Gasteiger partial charge in [-0.15, -0.1) is 0 Å². The van der Waals surface area contributed by atoms with Crippen molar-refractivity contribution in [1.29, 1.82) is 0 Å². The van der Waals surface area contributed by atoms with Crippen LogP contribution in [0.3, 0.4) is 0 Å². The van der Waals surface area contributed by atoms with Crippen LogP contribution in [0.2, 0.25) is 0 Å². The van der Waals surface area contributed by atoms with Crippen molar-refractivity contribution in [2.45, 2.75) is 32.5 Å². The molecule has 2 saturated heterocycles. The second kappa shape index (κ2) is 5.26. The molecule has 3 aliphatic heterocycles. The number of fused-ring (bicyclic) bond motifs is 5. The van der Waals surface area contributed by atoms with Crippen molar-refractivity contribution < 1.29 is 23.9 Å². The van der Waals surface area contributed by atoms with Gasteiger partial charge in [-0.25, -0.2) is 4.90 Å². The van der Waals surface area contributed by atoms with E-state index in [1.165, 1.54) is 11.8 Å². The Bertz CT molecular complexity index is 829. The molecule has 130 valence electrons. The summed E-state index contributed by atoms with van der Waals surface area (Å²) in [5.41, 5.74) is 1.51. The molecule has 2 amide bonds. The van der Waals surface area contributed by atoms with E-state index in [1.54, 1.807) is 18.2 Å². The third-order valence-electron chi connectivity index (χ3n) is 5.25. The number of anilines is 1. The minimum atomic E-state index is -1.04. The van der Waals surface area contributed by atoms with Crippen molar-refractivity contribution in [3.63, 3.8) is 0 Å². The van der Waals surface area contributed by atoms with Crippen LogP contribution in [0.15, 0.2) is 30.4 Å². The van der Waals surface area contributed by atoms with Crippen LogP contribution in [0.1, 0.15) is 18.1 Å². The van der Waals surface area contributed by atoms with E-state index >= 15 is 0 Å². The van der Waals surface area contributed by atoms with E-state index < -0.39 is 29.5 Å². The van der Waals surface area contributed by atoms with Crippen molar-refractivity contribution in [3.05, 3.63) is 41.5 Å². The molecule has 0 saturated carbocycles. The van der Waals surface area contributed by atoms with Gasteiger partial charge in [-0.3, -0.25) is 14.4 Å². The molecular weight excluding hydrogens is 322 g/mol. The first kappa shape index (κ1) is 16.0. The number of imide groups is 1. The summed E-state index contributed by atoms with van der Waals surface area (Å²) < 4.78 is 11.0. The molecule has 0 spiro atoms. The maximum absolute atomic E-state index is 13.1. The average molecular weight is 341 g/mol. The molecular formula is C19H19NO5. The first-order valence-corrected chi connectivity index (χ1v) is 8.30. The average Bonchev–Trinajstić information content (AvgIpc) is 3.18. The number of esters is 1. The summed E-state index contributed by atoms with van der Waals surface area (Å²) in [6, 6.07) is 5.63. The van der Waals surface area contributed by atoms with Gasteiger partial charge in [-0.2, -0.15) is 0 Å². The molecule has 4 rings (SSSR count). The number of benzene rings is 1. The Labute approximate surface area is 145 Å². The van der Waals surface area contributed by atoms with Crippen LogP contribution in [0, 0.1) is 25.7 Å². The van der Waals surface area contributed by atoms with Gasteiger partial charge >= 0.3 is 5.97 Å². The van der Waals surface area contributed by atoms with Crippen molar-refractivity contribution in [1.82, 2.24) is 0 Å². The molecule has 6 heteroatoms. The molecule has 0 radical (unpaired) electrons. The highest BCUT2D eigenvalue weighted by atomic mass is 16.6. The van der Waals surface area contributed by atoms with Crippen LogP contribution < -0.4 is 4.90 Å². The first-order chi connectivity index (χ1) is 11.8. The highest BCUT2D eigenvalue weighted by Gasteiger charge is 2.68. The lowest BCUT2D eigenvalue weighted by Crippen LogP contribution is -2.44. The number of carbonyl (C=O) groups is 3. The normalized spacial score (nSPS) is 32.4. The first-order valence-electron chi connectivity index (χ1n) is 8.30. The number of amides is 2. The van der Waals surface area contributed by atoms with Crippen LogP contribution in [-0.4, -0.2) is 36.1 Å². The van der Waals surface area contributed by atoms with E-state index in [9.17, 15) is 14.4 Å². The fraction of sp³-hybridized carbons (Fsp3) is 0.421. The van der Waals surface area contributed by atoms with E-state index in [2.05, 4.69) is 0 Å². The lowest BCUT2D eigenvalue weighted by atomic mass is 9.77. The van der Waals surface area contributed by atoms with Gasteiger partial charge in [0.1, 0.15) is 12.2 Å². The Balaban J connectivity index is 1.72. The van der Waals surface area contributed by atoms with Gasteiger partial charge in [0.25, 0.3) is 0 Å². The van der Waals surface area contributed by atoms with Crippen molar-refractivity contribution in [2.24, 2.45) is 11.8 Å². The number of rotatable bonds is 3. The SMILES string of the molecule is CC(=O)OC[C@@]12C=C[C@@H](O1)[C@@H]1C(=O)N(c3ccc(C)cc3C)C(=O)[C@H]12. The Morgan fingerprint density at radius 2 is 2.04 bits per heavy atom.